The molecule has 2 bridgehead atoms. The van der Waals surface area contributed by atoms with Gasteiger partial charge in [0, 0.05) is 7.05 Å². The Labute approximate surface area is 96.4 Å². The summed E-state index contributed by atoms with van der Waals surface area (Å²) < 4.78 is 5.52. The molecule has 3 rings (SSSR count). The largest absolute Gasteiger partial charge is 0.370 e. The van der Waals surface area contributed by atoms with Crippen LogP contribution in [0.2, 0.25) is 0 Å². The van der Waals surface area contributed by atoms with Crippen molar-refractivity contribution in [3.8, 4) is 0 Å². The molecule has 6 atom stereocenters. The van der Waals surface area contributed by atoms with Crippen LogP contribution >= 0.6 is 23.2 Å². The average molecular weight is 250 g/mol. The second kappa shape index (κ2) is 2.87. The molecule has 0 radical (unpaired) electrons. The van der Waals surface area contributed by atoms with E-state index in [9.17, 15) is 9.59 Å². The van der Waals surface area contributed by atoms with Gasteiger partial charge in [-0.1, -0.05) is 0 Å². The number of ether oxygens (including phenoxy) is 1. The maximum Gasteiger partial charge on any atom is 0.235 e. The fourth-order valence-electron chi connectivity index (χ4n) is 2.81. The normalized spacial score (nSPS) is 52.9. The Morgan fingerprint density at radius 1 is 1.07 bits per heavy atom. The average Bonchev–Trinajstić information content (AvgIpc) is 2.79. The number of nitrogens with zero attached hydrogens (tertiary/aromatic N) is 1. The van der Waals surface area contributed by atoms with Crippen LogP contribution in [0.5, 0.6) is 0 Å². The summed E-state index contributed by atoms with van der Waals surface area (Å²) in [6, 6.07) is 0. The molecule has 15 heavy (non-hydrogen) atoms. The standard InChI is InChI=1S/C9H9Cl2NO3/c1-12-8(13)2-3(9(12)14)7-5(11)4(10)6(2)15-7/h2-7H,1H3/t2?,3?,4?,5?,6-,7+. The first kappa shape index (κ1) is 9.87. The van der Waals surface area contributed by atoms with E-state index in [1.165, 1.54) is 7.05 Å². The molecule has 0 N–H and O–H groups in total. The van der Waals surface area contributed by atoms with Crippen molar-refractivity contribution in [1.29, 1.82) is 0 Å². The van der Waals surface area contributed by atoms with Crippen LogP contribution in [0, 0.1) is 11.8 Å². The SMILES string of the molecule is CN1C(=O)C2C(C1=O)[C@H]1O[C@@H]2C(Cl)C1Cl. The highest BCUT2D eigenvalue weighted by atomic mass is 35.5. The van der Waals surface area contributed by atoms with Gasteiger partial charge in [0.1, 0.15) is 0 Å². The number of fused-ring (bicyclic) bond motifs is 5. The lowest BCUT2D eigenvalue weighted by molar-refractivity contribution is -0.140. The molecule has 0 spiro atoms. The molecule has 2 amide bonds. The van der Waals surface area contributed by atoms with Gasteiger partial charge in [0.15, 0.2) is 0 Å². The van der Waals surface area contributed by atoms with Crippen molar-refractivity contribution in [3.63, 3.8) is 0 Å². The molecule has 3 aliphatic heterocycles. The van der Waals surface area contributed by atoms with E-state index in [2.05, 4.69) is 0 Å². The number of amides is 2. The van der Waals surface area contributed by atoms with E-state index < -0.39 is 24.0 Å². The quantitative estimate of drug-likeness (QED) is 0.456. The predicted molar refractivity (Wildman–Crippen MR) is 52.7 cm³/mol. The number of hydrogen-bond acceptors (Lipinski definition) is 3. The van der Waals surface area contributed by atoms with E-state index in [0.29, 0.717) is 0 Å². The first-order chi connectivity index (χ1) is 7.04. The molecule has 3 aliphatic rings. The number of likely N-dealkylation sites (tertiary alicyclic amines) is 1. The molecule has 4 unspecified atom stereocenters. The smallest absolute Gasteiger partial charge is 0.235 e. The van der Waals surface area contributed by atoms with Gasteiger partial charge < -0.3 is 4.74 Å². The van der Waals surface area contributed by atoms with Gasteiger partial charge in [-0.05, 0) is 0 Å². The second-order valence-corrected chi connectivity index (χ2v) is 5.25. The van der Waals surface area contributed by atoms with Crippen LogP contribution in [0.1, 0.15) is 0 Å². The summed E-state index contributed by atoms with van der Waals surface area (Å²) in [4.78, 5) is 24.7. The van der Waals surface area contributed by atoms with Crippen molar-refractivity contribution >= 4 is 35.0 Å². The number of rotatable bonds is 0. The highest BCUT2D eigenvalue weighted by Crippen LogP contribution is 2.51. The van der Waals surface area contributed by atoms with E-state index >= 15 is 0 Å². The fraction of sp³-hybridized carbons (Fsp3) is 0.778. The maximum atomic E-state index is 11.8. The summed E-state index contributed by atoms with van der Waals surface area (Å²) in [6.45, 7) is 0. The first-order valence-electron chi connectivity index (χ1n) is 4.79. The molecule has 0 aliphatic carbocycles. The van der Waals surface area contributed by atoms with Crippen LogP contribution in [-0.4, -0.2) is 46.7 Å². The van der Waals surface area contributed by atoms with Gasteiger partial charge in [0.05, 0.1) is 34.8 Å². The number of halogens is 2. The van der Waals surface area contributed by atoms with Gasteiger partial charge in [-0.25, -0.2) is 0 Å². The highest BCUT2D eigenvalue weighted by Gasteiger charge is 2.67. The minimum atomic E-state index is -0.412. The molecule has 0 aromatic heterocycles. The number of alkyl halides is 2. The number of imide groups is 1. The van der Waals surface area contributed by atoms with Crippen LogP contribution in [0.4, 0.5) is 0 Å². The number of carbonyl (C=O) groups excluding carboxylic acids is 2. The lowest BCUT2D eigenvalue weighted by Gasteiger charge is -2.24. The Balaban J connectivity index is 2.02. The maximum absolute atomic E-state index is 11.8. The van der Waals surface area contributed by atoms with Crippen molar-refractivity contribution in [2.75, 3.05) is 7.05 Å². The zero-order valence-corrected chi connectivity index (χ0v) is 9.40. The summed E-state index contributed by atoms with van der Waals surface area (Å²) in [7, 11) is 1.49. The van der Waals surface area contributed by atoms with Crippen molar-refractivity contribution in [1.82, 2.24) is 4.90 Å². The Morgan fingerprint density at radius 2 is 1.47 bits per heavy atom. The molecule has 3 fully saturated rings. The minimum absolute atomic E-state index is 0.188. The first-order valence-corrected chi connectivity index (χ1v) is 5.66. The number of hydrogen-bond donors (Lipinski definition) is 0. The summed E-state index contributed by atoms with van der Waals surface area (Å²) in [6.07, 6.45) is -0.795. The second-order valence-electron chi connectivity index (χ2n) is 4.24. The van der Waals surface area contributed by atoms with Crippen LogP contribution in [-0.2, 0) is 14.3 Å². The van der Waals surface area contributed by atoms with Crippen molar-refractivity contribution in [2.24, 2.45) is 11.8 Å². The monoisotopic (exact) mass is 249 g/mol. The molecule has 3 heterocycles. The van der Waals surface area contributed by atoms with E-state index in [1.807, 2.05) is 0 Å². The highest BCUT2D eigenvalue weighted by molar-refractivity contribution is 6.31. The van der Waals surface area contributed by atoms with Crippen LogP contribution in [0.25, 0.3) is 0 Å². The molecular formula is C9H9Cl2NO3. The molecule has 0 aromatic carbocycles. The van der Waals surface area contributed by atoms with E-state index in [4.69, 9.17) is 27.9 Å². The molecule has 82 valence electrons. The Bertz CT molecular complexity index is 329. The number of carbonyl (C=O) groups is 2. The predicted octanol–water partition coefficient (Wildman–Crippen LogP) is 0.213. The van der Waals surface area contributed by atoms with E-state index in [0.717, 1.165) is 4.90 Å². The van der Waals surface area contributed by atoms with Gasteiger partial charge in [-0.3, -0.25) is 14.5 Å². The Hall–Kier alpha value is -0.320. The third kappa shape index (κ3) is 0.978. The van der Waals surface area contributed by atoms with E-state index in [1.54, 1.807) is 0 Å². The topological polar surface area (TPSA) is 46.6 Å². The fourth-order valence-corrected chi connectivity index (χ4v) is 3.53. The van der Waals surface area contributed by atoms with Gasteiger partial charge in [0.25, 0.3) is 0 Å². The van der Waals surface area contributed by atoms with Crippen molar-refractivity contribution in [3.05, 3.63) is 0 Å². The lowest BCUT2D eigenvalue weighted by Crippen LogP contribution is -2.42. The van der Waals surface area contributed by atoms with Gasteiger partial charge in [-0.2, -0.15) is 0 Å². The summed E-state index contributed by atoms with van der Waals surface area (Å²) >= 11 is 12.1. The molecule has 3 saturated heterocycles. The Morgan fingerprint density at radius 3 is 1.87 bits per heavy atom. The summed E-state index contributed by atoms with van der Waals surface area (Å²) in [5, 5.41) is -0.748. The summed E-state index contributed by atoms with van der Waals surface area (Å²) in [5.41, 5.74) is 0. The molecule has 0 saturated carbocycles. The molecule has 4 nitrogen and oxygen atoms in total. The van der Waals surface area contributed by atoms with Gasteiger partial charge in [-0.15, -0.1) is 23.2 Å². The third-order valence-electron chi connectivity index (χ3n) is 3.57. The van der Waals surface area contributed by atoms with Crippen LogP contribution in [0.3, 0.4) is 0 Å². The Kier molecular flexibility index (Phi) is 1.89. The minimum Gasteiger partial charge on any atom is -0.370 e. The molecular weight excluding hydrogens is 241 g/mol. The zero-order valence-electron chi connectivity index (χ0n) is 7.89. The van der Waals surface area contributed by atoms with E-state index in [-0.39, 0.29) is 22.6 Å². The summed E-state index contributed by atoms with van der Waals surface area (Å²) in [5.74, 6) is -1.20. The third-order valence-corrected chi connectivity index (χ3v) is 4.74. The van der Waals surface area contributed by atoms with Crippen LogP contribution in [0.15, 0.2) is 0 Å². The van der Waals surface area contributed by atoms with Gasteiger partial charge in [0.2, 0.25) is 11.8 Å². The van der Waals surface area contributed by atoms with Crippen molar-refractivity contribution < 1.29 is 14.3 Å². The van der Waals surface area contributed by atoms with Gasteiger partial charge >= 0.3 is 0 Å². The molecule has 6 heteroatoms. The zero-order chi connectivity index (χ0) is 10.9. The molecule has 0 aromatic rings. The lowest BCUT2D eigenvalue weighted by atomic mass is 9.80. The van der Waals surface area contributed by atoms with Crippen LogP contribution < -0.4 is 0 Å². The van der Waals surface area contributed by atoms with Crippen molar-refractivity contribution in [2.45, 2.75) is 23.0 Å².